The second-order valence-electron chi connectivity index (χ2n) is 5.03. The average molecular weight is 225 g/mol. The Bertz CT molecular complexity index is 306. The van der Waals surface area contributed by atoms with Gasteiger partial charge < -0.3 is 15.8 Å². The predicted octanol–water partition coefficient (Wildman–Crippen LogP) is 0.627. The Morgan fingerprint density at radius 1 is 1.44 bits per heavy atom. The van der Waals surface area contributed by atoms with Gasteiger partial charge in [0.1, 0.15) is 5.84 Å². The minimum atomic E-state index is 0.175. The van der Waals surface area contributed by atoms with Gasteiger partial charge >= 0.3 is 0 Å². The van der Waals surface area contributed by atoms with Gasteiger partial charge in [-0.25, -0.2) is 0 Å². The molecule has 2 fully saturated rings. The molecule has 2 unspecified atom stereocenters. The topological polar surface area (TPSA) is 78.9 Å². The zero-order valence-electron chi connectivity index (χ0n) is 9.59. The van der Waals surface area contributed by atoms with E-state index in [0.29, 0.717) is 13.0 Å². The molecule has 2 aliphatic carbocycles. The number of amides is 1. The maximum absolute atomic E-state index is 12.0. The Hall–Kier alpha value is -1.26. The van der Waals surface area contributed by atoms with Crippen LogP contribution in [0.3, 0.4) is 0 Å². The summed E-state index contributed by atoms with van der Waals surface area (Å²) in [6, 6.07) is 0. The van der Waals surface area contributed by atoms with Crippen molar-refractivity contribution in [1.29, 1.82) is 0 Å². The van der Waals surface area contributed by atoms with Gasteiger partial charge in [-0.1, -0.05) is 5.16 Å². The first-order valence-corrected chi connectivity index (χ1v) is 5.83. The zero-order valence-corrected chi connectivity index (χ0v) is 9.59. The second-order valence-corrected chi connectivity index (χ2v) is 5.03. The van der Waals surface area contributed by atoms with Crippen LogP contribution in [0.15, 0.2) is 5.16 Å². The first-order valence-electron chi connectivity index (χ1n) is 5.83. The molecule has 2 saturated carbocycles. The zero-order chi connectivity index (χ0) is 11.7. The Balaban J connectivity index is 1.76. The molecule has 0 aromatic heterocycles. The van der Waals surface area contributed by atoms with Gasteiger partial charge in [0.15, 0.2) is 0 Å². The molecular formula is C11H19N3O2. The fourth-order valence-electron chi connectivity index (χ4n) is 2.67. The maximum Gasteiger partial charge on any atom is 0.225 e. The van der Waals surface area contributed by atoms with E-state index in [-0.39, 0.29) is 17.7 Å². The molecule has 2 aliphatic rings. The maximum atomic E-state index is 12.0. The van der Waals surface area contributed by atoms with Crippen LogP contribution in [0.25, 0.3) is 0 Å². The quantitative estimate of drug-likeness (QED) is 0.319. The number of carbonyl (C=O) groups excluding carboxylic acids is 1. The average Bonchev–Trinajstić information content (AvgIpc) is 2.91. The summed E-state index contributed by atoms with van der Waals surface area (Å²) in [7, 11) is 1.79. The largest absolute Gasteiger partial charge is 0.409 e. The lowest BCUT2D eigenvalue weighted by Crippen LogP contribution is -2.34. The molecule has 2 atom stereocenters. The Morgan fingerprint density at radius 3 is 2.62 bits per heavy atom. The lowest BCUT2D eigenvalue weighted by molar-refractivity contribution is -0.134. The van der Waals surface area contributed by atoms with Crippen molar-refractivity contribution in [2.75, 3.05) is 13.6 Å². The standard InChI is InChI=1S/C11H19N3O2/c1-14(3-2-10(12)13-16)11(15)9-5-7-4-8(7)6-9/h7-9,16H,2-6H2,1H3,(H2,12,13). The van der Waals surface area contributed by atoms with Crippen LogP contribution in [0.1, 0.15) is 25.7 Å². The van der Waals surface area contributed by atoms with Gasteiger partial charge in [-0.15, -0.1) is 0 Å². The van der Waals surface area contributed by atoms with Gasteiger partial charge in [0.2, 0.25) is 5.91 Å². The van der Waals surface area contributed by atoms with Crippen molar-refractivity contribution in [3.8, 4) is 0 Å². The predicted molar refractivity (Wildman–Crippen MR) is 60.0 cm³/mol. The van der Waals surface area contributed by atoms with Crippen LogP contribution in [0.2, 0.25) is 0 Å². The van der Waals surface area contributed by atoms with Gasteiger partial charge in [0, 0.05) is 25.9 Å². The van der Waals surface area contributed by atoms with Crippen LogP contribution in [-0.4, -0.2) is 35.4 Å². The summed E-state index contributed by atoms with van der Waals surface area (Å²) in [6.07, 6.45) is 3.89. The first-order chi connectivity index (χ1) is 7.61. The minimum Gasteiger partial charge on any atom is -0.409 e. The number of fused-ring (bicyclic) bond motifs is 1. The van der Waals surface area contributed by atoms with Crippen molar-refractivity contribution in [1.82, 2.24) is 4.90 Å². The normalized spacial score (nSPS) is 32.3. The molecular weight excluding hydrogens is 206 g/mol. The highest BCUT2D eigenvalue weighted by atomic mass is 16.4. The minimum absolute atomic E-state index is 0.175. The van der Waals surface area contributed by atoms with E-state index in [2.05, 4.69) is 5.16 Å². The fraction of sp³-hybridized carbons (Fsp3) is 0.818. The number of hydrogen-bond donors (Lipinski definition) is 2. The van der Waals surface area contributed by atoms with E-state index in [1.165, 1.54) is 6.42 Å². The van der Waals surface area contributed by atoms with Crippen molar-refractivity contribution in [3.05, 3.63) is 0 Å². The van der Waals surface area contributed by atoms with Crippen LogP contribution in [0.5, 0.6) is 0 Å². The van der Waals surface area contributed by atoms with Crippen LogP contribution in [0.4, 0.5) is 0 Å². The van der Waals surface area contributed by atoms with Gasteiger partial charge in [0.25, 0.3) is 0 Å². The summed E-state index contributed by atoms with van der Waals surface area (Å²) >= 11 is 0. The molecule has 16 heavy (non-hydrogen) atoms. The molecule has 0 radical (unpaired) electrons. The van der Waals surface area contributed by atoms with Crippen molar-refractivity contribution in [2.45, 2.75) is 25.7 Å². The van der Waals surface area contributed by atoms with E-state index in [0.717, 1.165) is 24.7 Å². The van der Waals surface area contributed by atoms with Gasteiger partial charge in [-0.3, -0.25) is 4.79 Å². The highest BCUT2D eigenvalue weighted by Gasteiger charge is 2.48. The van der Waals surface area contributed by atoms with Crippen LogP contribution < -0.4 is 5.73 Å². The van der Waals surface area contributed by atoms with E-state index in [1.54, 1.807) is 11.9 Å². The number of rotatable bonds is 4. The van der Waals surface area contributed by atoms with E-state index in [9.17, 15) is 4.79 Å². The third-order valence-electron chi connectivity index (χ3n) is 3.80. The summed E-state index contributed by atoms with van der Waals surface area (Å²) < 4.78 is 0. The molecule has 2 rings (SSSR count). The number of amidine groups is 1. The summed E-state index contributed by atoms with van der Waals surface area (Å²) in [5.41, 5.74) is 5.37. The van der Waals surface area contributed by atoms with Gasteiger partial charge in [-0.05, 0) is 31.1 Å². The number of oxime groups is 1. The third kappa shape index (κ3) is 2.28. The van der Waals surface area contributed by atoms with Crippen molar-refractivity contribution in [3.63, 3.8) is 0 Å². The summed E-state index contributed by atoms with van der Waals surface area (Å²) in [5, 5.41) is 11.3. The molecule has 5 heteroatoms. The highest BCUT2D eigenvalue weighted by Crippen LogP contribution is 2.54. The van der Waals surface area contributed by atoms with Crippen LogP contribution >= 0.6 is 0 Å². The first kappa shape index (κ1) is 11.2. The number of carbonyl (C=O) groups is 1. The summed E-state index contributed by atoms with van der Waals surface area (Å²) in [5.74, 6) is 2.27. The van der Waals surface area contributed by atoms with E-state index in [4.69, 9.17) is 10.9 Å². The van der Waals surface area contributed by atoms with E-state index in [1.807, 2.05) is 0 Å². The Kier molecular flexibility index (Phi) is 3.03. The molecule has 5 nitrogen and oxygen atoms in total. The molecule has 0 aromatic rings. The molecule has 3 N–H and O–H groups in total. The molecule has 0 aliphatic heterocycles. The Labute approximate surface area is 95.3 Å². The fourth-order valence-corrected chi connectivity index (χ4v) is 2.67. The number of hydrogen-bond acceptors (Lipinski definition) is 3. The van der Waals surface area contributed by atoms with Crippen LogP contribution in [0, 0.1) is 17.8 Å². The van der Waals surface area contributed by atoms with Crippen molar-refractivity contribution >= 4 is 11.7 Å². The number of nitrogens with zero attached hydrogens (tertiary/aromatic N) is 2. The monoisotopic (exact) mass is 225 g/mol. The van der Waals surface area contributed by atoms with Gasteiger partial charge in [0.05, 0.1) is 0 Å². The summed E-state index contributed by atoms with van der Waals surface area (Å²) in [4.78, 5) is 13.7. The molecule has 0 heterocycles. The second kappa shape index (κ2) is 4.31. The third-order valence-corrected chi connectivity index (χ3v) is 3.80. The molecule has 1 amide bonds. The number of nitrogens with two attached hydrogens (primary N) is 1. The molecule has 0 bridgehead atoms. The lowest BCUT2D eigenvalue weighted by Gasteiger charge is -2.21. The van der Waals surface area contributed by atoms with Crippen molar-refractivity contribution < 1.29 is 10.0 Å². The molecule has 90 valence electrons. The smallest absolute Gasteiger partial charge is 0.225 e. The molecule has 0 spiro atoms. The van der Waals surface area contributed by atoms with Crippen molar-refractivity contribution in [2.24, 2.45) is 28.6 Å². The SMILES string of the molecule is CN(CCC(N)=NO)C(=O)C1CC2CC2C1. The van der Waals surface area contributed by atoms with E-state index < -0.39 is 0 Å². The van der Waals surface area contributed by atoms with E-state index >= 15 is 0 Å². The Morgan fingerprint density at radius 2 is 2.06 bits per heavy atom. The highest BCUT2D eigenvalue weighted by molar-refractivity contribution is 5.82. The molecule has 0 aromatic carbocycles. The summed E-state index contributed by atoms with van der Waals surface area (Å²) in [6.45, 7) is 0.528. The van der Waals surface area contributed by atoms with Gasteiger partial charge in [-0.2, -0.15) is 0 Å². The lowest BCUT2D eigenvalue weighted by atomic mass is 10.0. The van der Waals surface area contributed by atoms with Crippen LogP contribution in [-0.2, 0) is 4.79 Å². The molecule has 0 saturated heterocycles.